The number of halogens is 1. The van der Waals surface area contributed by atoms with Crippen molar-refractivity contribution >= 4 is 33.9 Å². The predicted octanol–water partition coefficient (Wildman–Crippen LogP) is 4.76. The van der Waals surface area contributed by atoms with Gasteiger partial charge in [0.05, 0.1) is 28.7 Å². The Morgan fingerprint density at radius 3 is 2.59 bits per heavy atom. The molecule has 27 heavy (non-hydrogen) atoms. The molecule has 0 unspecified atom stereocenters. The van der Waals surface area contributed by atoms with Crippen LogP contribution >= 0.6 is 0 Å². The highest BCUT2D eigenvalue weighted by Gasteiger charge is 2.10. The van der Waals surface area contributed by atoms with Crippen molar-refractivity contribution in [1.29, 1.82) is 0 Å². The van der Waals surface area contributed by atoms with E-state index in [9.17, 15) is 9.18 Å². The number of nitrogens with one attached hydrogen (secondary N) is 2. The highest BCUT2D eigenvalue weighted by molar-refractivity contribution is 6.08. The van der Waals surface area contributed by atoms with E-state index in [1.54, 1.807) is 36.7 Å². The summed E-state index contributed by atoms with van der Waals surface area (Å²) in [6.07, 6.45) is 4.77. The fourth-order valence-corrected chi connectivity index (χ4v) is 2.73. The summed E-state index contributed by atoms with van der Waals surface area (Å²) in [6, 6.07) is 17.0. The topological polar surface area (TPSA) is 66.9 Å². The third-order valence-corrected chi connectivity index (χ3v) is 4.01. The molecule has 2 aromatic carbocycles. The van der Waals surface area contributed by atoms with Crippen LogP contribution in [-0.4, -0.2) is 15.9 Å². The third kappa shape index (κ3) is 3.74. The maximum absolute atomic E-state index is 13.0. The van der Waals surface area contributed by atoms with Gasteiger partial charge in [0.2, 0.25) is 0 Å². The zero-order valence-electron chi connectivity index (χ0n) is 14.2. The van der Waals surface area contributed by atoms with Crippen molar-refractivity contribution in [3.8, 4) is 0 Å². The van der Waals surface area contributed by atoms with Gasteiger partial charge in [-0.25, -0.2) is 4.39 Å². The number of carbonyl (C=O) groups is 1. The van der Waals surface area contributed by atoms with Gasteiger partial charge in [-0.2, -0.15) is 0 Å². The van der Waals surface area contributed by atoms with E-state index in [2.05, 4.69) is 20.6 Å². The van der Waals surface area contributed by atoms with Crippen molar-refractivity contribution in [2.45, 2.75) is 0 Å². The Morgan fingerprint density at radius 2 is 1.74 bits per heavy atom. The van der Waals surface area contributed by atoms with E-state index < -0.39 is 0 Å². The molecule has 2 aromatic heterocycles. The molecule has 0 aliphatic rings. The number of hydrogen-bond donors (Lipinski definition) is 2. The van der Waals surface area contributed by atoms with Crippen LogP contribution in [0.4, 0.5) is 21.5 Å². The molecule has 0 atom stereocenters. The molecule has 6 heteroatoms. The number of carbonyl (C=O) groups excluding carboxylic acids is 1. The number of pyridine rings is 2. The number of anilines is 3. The van der Waals surface area contributed by atoms with E-state index in [0.717, 1.165) is 10.9 Å². The van der Waals surface area contributed by atoms with Crippen LogP contribution in [0.5, 0.6) is 0 Å². The van der Waals surface area contributed by atoms with E-state index in [1.807, 2.05) is 24.3 Å². The first-order valence-corrected chi connectivity index (χ1v) is 8.32. The smallest absolute Gasteiger partial charge is 0.257 e. The van der Waals surface area contributed by atoms with Crippen molar-refractivity contribution in [3.05, 3.63) is 90.6 Å². The van der Waals surface area contributed by atoms with E-state index in [4.69, 9.17) is 0 Å². The first-order chi connectivity index (χ1) is 13.2. The lowest BCUT2D eigenvalue weighted by atomic mass is 10.1. The second-order valence-corrected chi connectivity index (χ2v) is 5.93. The average Bonchev–Trinajstić information content (AvgIpc) is 2.70. The first-order valence-electron chi connectivity index (χ1n) is 8.32. The number of para-hydroxylation sites is 1. The Hall–Kier alpha value is -3.80. The number of nitrogens with zero attached hydrogens (tertiary/aromatic N) is 2. The summed E-state index contributed by atoms with van der Waals surface area (Å²) < 4.78 is 13.0. The summed E-state index contributed by atoms with van der Waals surface area (Å²) in [6.45, 7) is 0. The molecule has 0 saturated carbocycles. The van der Waals surface area contributed by atoms with Crippen molar-refractivity contribution in [2.24, 2.45) is 0 Å². The van der Waals surface area contributed by atoms with Crippen LogP contribution in [0.2, 0.25) is 0 Å². The summed E-state index contributed by atoms with van der Waals surface area (Å²) in [5.74, 6) is -0.598. The molecule has 5 nitrogen and oxygen atoms in total. The summed E-state index contributed by atoms with van der Waals surface area (Å²) in [5, 5.41) is 6.92. The monoisotopic (exact) mass is 358 g/mol. The summed E-state index contributed by atoms with van der Waals surface area (Å²) in [7, 11) is 0. The van der Waals surface area contributed by atoms with E-state index in [0.29, 0.717) is 22.6 Å². The van der Waals surface area contributed by atoms with Gasteiger partial charge in [0, 0.05) is 23.5 Å². The van der Waals surface area contributed by atoms with Gasteiger partial charge < -0.3 is 10.6 Å². The van der Waals surface area contributed by atoms with Crippen LogP contribution in [0.1, 0.15) is 10.4 Å². The lowest BCUT2D eigenvalue weighted by Crippen LogP contribution is -2.13. The Morgan fingerprint density at radius 1 is 0.926 bits per heavy atom. The van der Waals surface area contributed by atoms with E-state index in [-0.39, 0.29) is 11.7 Å². The molecule has 0 radical (unpaired) electrons. The average molecular weight is 358 g/mol. The van der Waals surface area contributed by atoms with Crippen LogP contribution in [0, 0.1) is 5.82 Å². The van der Waals surface area contributed by atoms with Gasteiger partial charge in [0.25, 0.3) is 5.91 Å². The Bertz CT molecular complexity index is 1110. The standard InChI is InChI=1S/C21H15FN4O/c22-16-6-8-17(9-7-16)25-18-11-15(12-23-13-18)21(27)26-19-5-1-3-14-4-2-10-24-20(14)19/h1-13,25H,(H,26,27). The largest absolute Gasteiger partial charge is 0.354 e. The zero-order chi connectivity index (χ0) is 18.6. The molecule has 4 aromatic rings. The Labute approximate surface area is 154 Å². The molecule has 0 bridgehead atoms. The molecule has 1 amide bonds. The van der Waals surface area contributed by atoms with Crippen LogP contribution < -0.4 is 10.6 Å². The number of aromatic nitrogens is 2. The number of hydrogen-bond acceptors (Lipinski definition) is 4. The van der Waals surface area contributed by atoms with Gasteiger partial charge in [-0.1, -0.05) is 18.2 Å². The number of rotatable bonds is 4. The summed E-state index contributed by atoms with van der Waals surface area (Å²) >= 11 is 0. The quantitative estimate of drug-likeness (QED) is 0.552. The van der Waals surface area contributed by atoms with Crippen LogP contribution in [0.15, 0.2) is 79.3 Å². The predicted molar refractivity (Wildman–Crippen MR) is 104 cm³/mol. The maximum Gasteiger partial charge on any atom is 0.257 e. The number of benzene rings is 2. The number of amides is 1. The second-order valence-electron chi connectivity index (χ2n) is 5.93. The van der Waals surface area contributed by atoms with Gasteiger partial charge in [-0.05, 0) is 42.5 Å². The molecule has 2 N–H and O–H groups in total. The molecule has 2 heterocycles. The molecule has 0 saturated heterocycles. The van der Waals surface area contributed by atoms with Gasteiger partial charge in [-0.3, -0.25) is 14.8 Å². The van der Waals surface area contributed by atoms with Gasteiger partial charge in [-0.15, -0.1) is 0 Å². The third-order valence-electron chi connectivity index (χ3n) is 4.01. The minimum atomic E-state index is -0.310. The highest BCUT2D eigenvalue weighted by Crippen LogP contribution is 2.22. The van der Waals surface area contributed by atoms with E-state index in [1.165, 1.54) is 18.3 Å². The molecular weight excluding hydrogens is 343 g/mol. The Balaban J connectivity index is 1.56. The van der Waals surface area contributed by atoms with Gasteiger partial charge in [0.1, 0.15) is 5.82 Å². The summed E-state index contributed by atoms with van der Waals surface area (Å²) in [4.78, 5) is 21.1. The minimum absolute atomic E-state index is 0.289. The minimum Gasteiger partial charge on any atom is -0.354 e. The lowest BCUT2D eigenvalue weighted by Gasteiger charge is -2.10. The molecule has 0 spiro atoms. The molecule has 0 aliphatic heterocycles. The van der Waals surface area contributed by atoms with Crippen molar-refractivity contribution in [3.63, 3.8) is 0 Å². The van der Waals surface area contributed by atoms with Crippen molar-refractivity contribution in [2.75, 3.05) is 10.6 Å². The highest BCUT2D eigenvalue weighted by atomic mass is 19.1. The van der Waals surface area contributed by atoms with Crippen molar-refractivity contribution in [1.82, 2.24) is 9.97 Å². The second kappa shape index (κ2) is 7.21. The molecule has 132 valence electrons. The van der Waals surface area contributed by atoms with Crippen LogP contribution in [0.3, 0.4) is 0 Å². The zero-order valence-corrected chi connectivity index (χ0v) is 14.2. The number of fused-ring (bicyclic) bond motifs is 1. The molecule has 0 fully saturated rings. The first kappa shape index (κ1) is 16.7. The molecule has 0 aliphatic carbocycles. The molecular formula is C21H15FN4O. The van der Waals surface area contributed by atoms with Gasteiger partial charge >= 0.3 is 0 Å². The SMILES string of the molecule is O=C(Nc1cccc2cccnc12)c1cncc(Nc2ccc(F)cc2)c1. The molecule has 4 rings (SSSR count). The van der Waals surface area contributed by atoms with Crippen LogP contribution in [-0.2, 0) is 0 Å². The lowest BCUT2D eigenvalue weighted by molar-refractivity contribution is 0.102. The van der Waals surface area contributed by atoms with Gasteiger partial charge in [0.15, 0.2) is 0 Å². The summed E-state index contributed by atoms with van der Waals surface area (Å²) in [5.41, 5.74) is 3.09. The van der Waals surface area contributed by atoms with Crippen LogP contribution in [0.25, 0.3) is 10.9 Å². The fourth-order valence-electron chi connectivity index (χ4n) is 2.73. The fraction of sp³-hybridized carbons (Fsp3) is 0. The van der Waals surface area contributed by atoms with Crippen molar-refractivity contribution < 1.29 is 9.18 Å². The normalized spacial score (nSPS) is 10.6. The maximum atomic E-state index is 13.0. The van der Waals surface area contributed by atoms with E-state index >= 15 is 0 Å². The Kier molecular flexibility index (Phi) is 4.45.